The molecule has 0 bridgehead atoms. The predicted octanol–water partition coefficient (Wildman–Crippen LogP) is -2.04. The van der Waals surface area contributed by atoms with Crippen molar-refractivity contribution in [1.82, 2.24) is 0 Å². The first-order valence-corrected chi connectivity index (χ1v) is 13.0. The number of aromatic hydroxyl groups is 3. The van der Waals surface area contributed by atoms with Crippen molar-refractivity contribution in [2.75, 3.05) is 6.61 Å². The molecule has 1 aromatic heterocycles. The lowest BCUT2D eigenvalue weighted by Gasteiger charge is -2.39. The Kier molecular flexibility index (Phi) is 8.41. The maximum absolute atomic E-state index is 13.7. The lowest BCUT2D eigenvalue weighted by Crippen LogP contribution is -2.60. The highest BCUT2D eigenvalue weighted by Gasteiger charge is 2.45. The highest BCUT2D eigenvalue weighted by Crippen LogP contribution is 2.40. The molecule has 2 aromatic carbocycles. The van der Waals surface area contributed by atoms with Crippen LogP contribution in [0.25, 0.3) is 22.3 Å². The van der Waals surface area contributed by atoms with E-state index in [1.807, 2.05) is 0 Å². The molecule has 2 saturated heterocycles. The first-order chi connectivity index (χ1) is 20.3. The summed E-state index contributed by atoms with van der Waals surface area (Å²) < 4.78 is 27.8. The molecular formula is C27H30O16. The summed E-state index contributed by atoms with van der Waals surface area (Å²) in [5.74, 6) is -3.10. The Bertz CT molecular complexity index is 1540. The van der Waals surface area contributed by atoms with E-state index >= 15 is 0 Å². The zero-order valence-electron chi connectivity index (χ0n) is 22.3. The number of phenolic OH excluding ortho intramolecular Hbond substituents is 3. The summed E-state index contributed by atoms with van der Waals surface area (Å²) in [5.41, 5.74) is -1.36. The zero-order chi connectivity index (χ0) is 31.3. The van der Waals surface area contributed by atoms with Gasteiger partial charge in [-0.3, -0.25) is 4.79 Å². The summed E-state index contributed by atoms with van der Waals surface area (Å²) in [4.78, 5) is 13.7. The number of aliphatic hydroxyl groups is 7. The Labute approximate surface area is 241 Å². The van der Waals surface area contributed by atoms with E-state index in [1.54, 1.807) is 0 Å². The number of fused-ring (bicyclic) bond motifs is 1. The van der Waals surface area contributed by atoms with Crippen molar-refractivity contribution >= 4 is 11.0 Å². The highest BCUT2D eigenvalue weighted by molar-refractivity contribution is 5.88. The Balaban J connectivity index is 1.60. The van der Waals surface area contributed by atoms with E-state index in [-0.39, 0.29) is 22.7 Å². The summed E-state index contributed by atoms with van der Waals surface area (Å²) >= 11 is 0. The SMILES string of the molecule is C[C@@H]1O[C@@H](Oc2c(-c3ccc(O)c(O)c3)oc3cc(O[C@@H]4O[C@H](CO)[C@@H](O)[C@H](O)[C@H]4O)cc(O)c3c2=O)[C@H](O)[C@H](O)[C@H]1O. The molecule has 2 aliphatic heterocycles. The molecule has 3 heterocycles. The third-order valence-electron chi connectivity index (χ3n) is 7.29. The van der Waals surface area contributed by atoms with Crippen LogP contribution in [-0.4, -0.2) is 119 Å². The second kappa shape index (κ2) is 11.8. The lowest BCUT2D eigenvalue weighted by atomic mass is 9.99. The molecule has 0 unspecified atom stereocenters. The van der Waals surface area contributed by atoms with E-state index in [0.717, 1.165) is 24.3 Å². The molecule has 43 heavy (non-hydrogen) atoms. The number of rotatable bonds is 6. The number of hydrogen-bond donors (Lipinski definition) is 10. The Morgan fingerprint density at radius 1 is 0.744 bits per heavy atom. The molecule has 0 aliphatic carbocycles. The van der Waals surface area contributed by atoms with Crippen molar-refractivity contribution < 1.29 is 74.4 Å². The number of phenols is 3. The van der Waals surface area contributed by atoms with Crippen LogP contribution in [0.2, 0.25) is 0 Å². The molecule has 16 nitrogen and oxygen atoms in total. The van der Waals surface area contributed by atoms with Gasteiger partial charge in [0.05, 0.1) is 12.7 Å². The fourth-order valence-corrected chi connectivity index (χ4v) is 4.81. The third-order valence-corrected chi connectivity index (χ3v) is 7.29. The Morgan fingerprint density at radius 3 is 2.05 bits per heavy atom. The van der Waals surface area contributed by atoms with Gasteiger partial charge in [0.25, 0.3) is 0 Å². The van der Waals surface area contributed by atoms with E-state index in [4.69, 9.17) is 23.4 Å². The van der Waals surface area contributed by atoms with E-state index in [1.165, 1.54) is 13.0 Å². The second-order valence-electron chi connectivity index (χ2n) is 10.2. The molecule has 2 aliphatic rings. The van der Waals surface area contributed by atoms with Crippen molar-refractivity contribution in [3.05, 3.63) is 40.6 Å². The third kappa shape index (κ3) is 5.55. The normalized spacial score (nSPS) is 32.9. The molecule has 10 N–H and O–H groups in total. The van der Waals surface area contributed by atoms with Gasteiger partial charge in [0, 0.05) is 17.7 Å². The summed E-state index contributed by atoms with van der Waals surface area (Å²) in [6, 6.07) is 5.42. The quantitative estimate of drug-likeness (QED) is 0.135. The van der Waals surface area contributed by atoms with Gasteiger partial charge in [0.2, 0.25) is 23.8 Å². The molecule has 0 spiro atoms. The largest absolute Gasteiger partial charge is 0.507 e. The maximum Gasteiger partial charge on any atom is 0.239 e. The topological polar surface area (TPSA) is 269 Å². The van der Waals surface area contributed by atoms with E-state index < -0.39 is 102 Å². The molecule has 2 fully saturated rings. The fourth-order valence-electron chi connectivity index (χ4n) is 4.81. The average molecular weight is 611 g/mol. The fraction of sp³-hybridized carbons (Fsp3) is 0.444. The van der Waals surface area contributed by atoms with E-state index in [2.05, 4.69) is 0 Å². The Morgan fingerprint density at radius 2 is 1.40 bits per heavy atom. The van der Waals surface area contributed by atoms with Crippen molar-refractivity contribution in [3.63, 3.8) is 0 Å². The van der Waals surface area contributed by atoms with Gasteiger partial charge in [0.1, 0.15) is 65.2 Å². The molecule has 0 radical (unpaired) electrons. The van der Waals surface area contributed by atoms with Crippen LogP contribution in [0.5, 0.6) is 28.7 Å². The summed E-state index contributed by atoms with van der Waals surface area (Å²) in [6.45, 7) is 0.670. The molecule has 234 valence electrons. The maximum atomic E-state index is 13.7. The summed E-state index contributed by atoms with van der Waals surface area (Å²) in [7, 11) is 0. The van der Waals surface area contributed by atoms with Crippen molar-refractivity contribution in [1.29, 1.82) is 0 Å². The van der Waals surface area contributed by atoms with Crippen molar-refractivity contribution in [2.45, 2.75) is 68.3 Å². The lowest BCUT2D eigenvalue weighted by molar-refractivity contribution is -0.277. The minimum absolute atomic E-state index is 0.0250. The van der Waals surface area contributed by atoms with Gasteiger partial charge in [-0.05, 0) is 25.1 Å². The van der Waals surface area contributed by atoms with Gasteiger partial charge in [-0.25, -0.2) is 0 Å². The smallest absolute Gasteiger partial charge is 0.239 e. The minimum atomic E-state index is -1.83. The first kappa shape index (κ1) is 30.7. The number of hydrogen-bond acceptors (Lipinski definition) is 16. The summed E-state index contributed by atoms with van der Waals surface area (Å²) in [5, 5.41) is 101. The van der Waals surface area contributed by atoms with Crippen molar-refractivity contribution in [2.24, 2.45) is 0 Å². The number of ether oxygens (including phenoxy) is 4. The van der Waals surface area contributed by atoms with Crippen LogP contribution in [0.4, 0.5) is 0 Å². The molecule has 5 rings (SSSR count). The zero-order valence-corrected chi connectivity index (χ0v) is 22.3. The van der Waals surface area contributed by atoms with Gasteiger partial charge < -0.3 is 74.4 Å². The van der Waals surface area contributed by atoms with Crippen LogP contribution in [0.15, 0.2) is 39.5 Å². The van der Waals surface area contributed by atoms with Crippen molar-refractivity contribution in [3.8, 4) is 40.1 Å². The minimum Gasteiger partial charge on any atom is -0.507 e. The highest BCUT2D eigenvalue weighted by atomic mass is 16.7. The van der Waals surface area contributed by atoms with Crippen LogP contribution in [-0.2, 0) is 9.47 Å². The van der Waals surface area contributed by atoms with E-state index in [0.29, 0.717) is 0 Å². The van der Waals surface area contributed by atoms with E-state index in [9.17, 15) is 55.9 Å². The second-order valence-corrected chi connectivity index (χ2v) is 10.2. The van der Waals surface area contributed by atoms with Gasteiger partial charge in [-0.15, -0.1) is 0 Å². The van der Waals surface area contributed by atoms with Crippen LogP contribution >= 0.6 is 0 Å². The molecule has 10 atom stereocenters. The molecular weight excluding hydrogens is 580 g/mol. The van der Waals surface area contributed by atoms with Crippen LogP contribution in [0, 0.1) is 0 Å². The number of benzene rings is 2. The Hall–Kier alpha value is -3.71. The molecule has 3 aromatic rings. The predicted molar refractivity (Wildman–Crippen MR) is 140 cm³/mol. The van der Waals surface area contributed by atoms with Gasteiger partial charge >= 0.3 is 0 Å². The molecule has 0 amide bonds. The average Bonchev–Trinajstić information content (AvgIpc) is 2.97. The first-order valence-electron chi connectivity index (χ1n) is 13.0. The van der Waals surface area contributed by atoms with Crippen LogP contribution in [0.3, 0.4) is 0 Å². The summed E-state index contributed by atoms with van der Waals surface area (Å²) in [6.07, 6.45) is -15.9. The number of aliphatic hydroxyl groups excluding tert-OH is 7. The van der Waals surface area contributed by atoms with Gasteiger partial charge in [-0.2, -0.15) is 0 Å². The standard InChI is InChI=1S/C27H30O16/c1-8-17(32)20(35)22(37)26(39-8)43-25-19(34)16-13(31)5-10(40-27-23(38)21(36)18(33)15(7-28)42-27)6-14(16)41-24(25)9-2-3-11(29)12(30)4-9/h2-6,8,15,17-18,20-23,26-33,35-38H,7H2,1H3/t8-,15+,17-,18+,20+,21-,22+,23+,26-,27+/m0/s1. The van der Waals surface area contributed by atoms with Crippen LogP contribution < -0.4 is 14.9 Å². The van der Waals surface area contributed by atoms with Gasteiger partial charge in [0.15, 0.2) is 17.3 Å². The molecule has 0 saturated carbocycles. The monoisotopic (exact) mass is 610 g/mol. The van der Waals surface area contributed by atoms with Crippen LogP contribution in [0.1, 0.15) is 6.92 Å². The van der Waals surface area contributed by atoms with Gasteiger partial charge in [-0.1, -0.05) is 0 Å². The molecule has 16 heteroatoms.